The topological polar surface area (TPSA) is 103 Å². The Balaban J connectivity index is 1.50. The molecule has 3 fully saturated rings. The number of nitrogens with one attached hydrogen (secondary N) is 4. The molecule has 9 heteroatoms. The lowest BCUT2D eigenvalue weighted by atomic mass is 9.81. The number of hydrogen-bond donors (Lipinski definition) is 4. The molecule has 6 unspecified atom stereocenters. The van der Waals surface area contributed by atoms with Crippen LogP contribution in [0, 0.1) is 30.6 Å². The lowest BCUT2D eigenvalue weighted by Gasteiger charge is -2.48. The van der Waals surface area contributed by atoms with Gasteiger partial charge >= 0.3 is 0 Å². The summed E-state index contributed by atoms with van der Waals surface area (Å²) in [6.45, 7) is 8.04. The average Bonchev–Trinajstić information content (AvgIpc) is 2.68. The van der Waals surface area contributed by atoms with E-state index in [9.17, 15) is 14.4 Å². The van der Waals surface area contributed by atoms with E-state index in [1.165, 1.54) is 0 Å². The highest BCUT2D eigenvalue weighted by atomic mass is 35.5. The number of likely N-dealkylation sites (tertiary alicyclic amines) is 1. The van der Waals surface area contributed by atoms with E-state index < -0.39 is 18.0 Å². The van der Waals surface area contributed by atoms with Gasteiger partial charge in [-0.15, -0.1) is 0 Å². The zero-order valence-electron chi connectivity index (χ0n) is 18.1. The summed E-state index contributed by atoms with van der Waals surface area (Å²) in [5.74, 6) is -1.29. The van der Waals surface area contributed by atoms with Crippen LogP contribution in [0.4, 0.5) is 5.69 Å². The third-order valence-corrected chi connectivity index (χ3v) is 6.73. The number of rotatable bonds is 3. The van der Waals surface area contributed by atoms with E-state index in [-0.39, 0.29) is 30.4 Å². The lowest BCUT2D eigenvalue weighted by Crippen LogP contribution is -2.75. The molecule has 4 N–H and O–H groups in total. The molecule has 3 saturated heterocycles. The van der Waals surface area contributed by atoms with E-state index in [2.05, 4.69) is 40.0 Å². The van der Waals surface area contributed by atoms with Crippen LogP contribution >= 0.6 is 11.6 Å². The van der Waals surface area contributed by atoms with Gasteiger partial charge in [-0.25, -0.2) is 0 Å². The van der Waals surface area contributed by atoms with Crippen LogP contribution in [0.15, 0.2) is 18.2 Å². The van der Waals surface area contributed by atoms with Gasteiger partial charge in [0.25, 0.3) is 0 Å². The zero-order chi connectivity index (χ0) is 22.3. The Kier molecular flexibility index (Phi) is 6.23. The number of benzene rings is 1. The number of carbonyl (C=O) groups is 3. The normalized spacial score (nSPS) is 33.8. The molecule has 31 heavy (non-hydrogen) atoms. The van der Waals surface area contributed by atoms with Gasteiger partial charge in [0.1, 0.15) is 6.29 Å². The smallest absolute Gasteiger partial charge is 0.229 e. The van der Waals surface area contributed by atoms with Crippen molar-refractivity contribution in [2.45, 2.75) is 46.1 Å². The minimum absolute atomic E-state index is 0.0476. The number of fused-ring (bicyclic) bond motifs is 1. The first-order chi connectivity index (χ1) is 14.7. The molecule has 3 amide bonds. The van der Waals surface area contributed by atoms with Gasteiger partial charge in [-0.3, -0.25) is 24.6 Å². The summed E-state index contributed by atoms with van der Waals surface area (Å²) in [6, 6.07) is 5.33. The fourth-order valence-electron chi connectivity index (χ4n) is 5.12. The highest BCUT2D eigenvalue weighted by molar-refractivity contribution is 6.33. The van der Waals surface area contributed by atoms with Gasteiger partial charge < -0.3 is 16.0 Å². The number of piperidine rings is 2. The number of halogens is 1. The molecule has 0 bridgehead atoms. The molecule has 1 aromatic rings. The highest BCUT2D eigenvalue weighted by Crippen LogP contribution is 2.31. The summed E-state index contributed by atoms with van der Waals surface area (Å²) in [7, 11) is 0. The second-order valence-corrected chi connectivity index (χ2v) is 9.74. The van der Waals surface area contributed by atoms with Crippen molar-refractivity contribution in [3.63, 3.8) is 0 Å². The van der Waals surface area contributed by atoms with Crippen LogP contribution in [0.1, 0.15) is 32.3 Å². The van der Waals surface area contributed by atoms with Crippen LogP contribution in [0.3, 0.4) is 0 Å². The predicted molar refractivity (Wildman–Crippen MR) is 118 cm³/mol. The van der Waals surface area contributed by atoms with Crippen molar-refractivity contribution in [3.8, 4) is 0 Å². The van der Waals surface area contributed by atoms with Crippen LogP contribution in [0.2, 0.25) is 5.02 Å². The lowest BCUT2D eigenvalue weighted by molar-refractivity contribution is -0.148. The van der Waals surface area contributed by atoms with Crippen LogP contribution in [-0.2, 0) is 14.4 Å². The van der Waals surface area contributed by atoms with Crippen molar-refractivity contribution >= 4 is 35.0 Å². The molecule has 3 aliphatic rings. The van der Waals surface area contributed by atoms with E-state index in [4.69, 9.17) is 11.6 Å². The van der Waals surface area contributed by atoms with Crippen LogP contribution in [0.5, 0.6) is 0 Å². The third kappa shape index (κ3) is 4.71. The number of amides is 3. The highest BCUT2D eigenvalue weighted by Gasteiger charge is 2.49. The van der Waals surface area contributed by atoms with Crippen molar-refractivity contribution in [1.29, 1.82) is 0 Å². The Morgan fingerprint density at radius 1 is 1.16 bits per heavy atom. The molecule has 0 spiro atoms. The second-order valence-electron chi connectivity index (χ2n) is 9.33. The Hall–Kier alpha value is -2.16. The zero-order valence-corrected chi connectivity index (χ0v) is 18.8. The molecule has 0 aliphatic carbocycles. The number of aryl methyl sites for hydroxylation is 1. The standard InChI is InChI=1S/C22H30ClN5O3/c1-11-4-5-16(15(23)7-11)24-20(30)14-8-17(29)25-19-18(14)21(31)27-22(26-19)28-9-12(2)6-13(3)10-28/h4-5,7,12-14,18-19,22,26H,6,8-10H2,1-3H3,(H,24,30)(H,25,29)(H,27,31). The largest absolute Gasteiger partial charge is 0.340 e. The summed E-state index contributed by atoms with van der Waals surface area (Å²) >= 11 is 6.24. The number of nitrogens with zero attached hydrogens (tertiary/aromatic N) is 1. The molecular formula is C22H30ClN5O3. The fourth-order valence-corrected chi connectivity index (χ4v) is 5.41. The molecule has 3 aliphatic heterocycles. The van der Waals surface area contributed by atoms with Gasteiger partial charge in [0, 0.05) is 19.5 Å². The summed E-state index contributed by atoms with van der Waals surface area (Å²) < 4.78 is 0. The fraction of sp³-hybridized carbons (Fsp3) is 0.591. The van der Waals surface area contributed by atoms with Gasteiger partial charge in [-0.05, 0) is 42.9 Å². The Morgan fingerprint density at radius 2 is 1.87 bits per heavy atom. The van der Waals surface area contributed by atoms with Crippen LogP contribution in [-0.4, -0.2) is 48.2 Å². The summed E-state index contributed by atoms with van der Waals surface area (Å²) in [6.07, 6.45) is 0.141. The monoisotopic (exact) mass is 447 g/mol. The van der Waals surface area contributed by atoms with E-state index in [0.717, 1.165) is 25.1 Å². The van der Waals surface area contributed by atoms with Crippen molar-refractivity contribution in [1.82, 2.24) is 20.9 Å². The molecular weight excluding hydrogens is 418 g/mol. The Morgan fingerprint density at radius 3 is 2.55 bits per heavy atom. The molecule has 6 atom stereocenters. The van der Waals surface area contributed by atoms with Gasteiger partial charge in [-0.2, -0.15) is 0 Å². The van der Waals surface area contributed by atoms with Crippen LogP contribution < -0.4 is 21.3 Å². The van der Waals surface area contributed by atoms with Gasteiger partial charge in [-0.1, -0.05) is 31.5 Å². The summed E-state index contributed by atoms with van der Waals surface area (Å²) in [5, 5.41) is 12.5. The molecule has 8 nitrogen and oxygen atoms in total. The first-order valence-corrected chi connectivity index (χ1v) is 11.3. The predicted octanol–water partition coefficient (Wildman–Crippen LogP) is 1.65. The SMILES string of the molecule is Cc1ccc(NC(=O)C2CC(=O)NC3NC(N4CC(C)CC(C)C4)NC(=O)C32)c(Cl)c1. The maximum absolute atomic E-state index is 13.1. The first kappa shape index (κ1) is 22.0. The first-order valence-electron chi connectivity index (χ1n) is 10.9. The van der Waals surface area contributed by atoms with Gasteiger partial charge in [0.15, 0.2) is 0 Å². The number of carbonyl (C=O) groups excluding carboxylic acids is 3. The average molecular weight is 448 g/mol. The third-order valence-electron chi connectivity index (χ3n) is 6.42. The molecule has 0 saturated carbocycles. The molecule has 4 rings (SSSR count). The van der Waals surface area contributed by atoms with E-state index in [1.807, 2.05) is 13.0 Å². The molecule has 168 valence electrons. The van der Waals surface area contributed by atoms with E-state index >= 15 is 0 Å². The van der Waals surface area contributed by atoms with E-state index in [1.54, 1.807) is 12.1 Å². The van der Waals surface area contributed by atoms with Crippen LogP contribution in [0.25, 0.3) is 0 Å². The molecule has 3 heterocycles. The maximum Gasteiger partial charge on any atom is 0.229 e. The van der Waals surface area contributed by atoms with E-state index in [0.29, 0.717) is 22.5 Å². The van der Waals surface area contributed by atoms with Crippen molar-refractivity contribution in [2.75, 3.05) is 18.4 Å². The quantitative estimate of drug-likeness (QED) is 0.564. The van der Waals surface area contributed by atoms with Crippen molar-refractivity contribution in [2.24, 2.45) is 23.7 Å². The molecule has 1 aromatic carbocycles. The minimum Gasteiger partial charge on any atom is -0.340 e. The van der Waals surface area contributed by atoms with Crippen molar-refractivity contribution in [3.05, 3.63) is 28.8 Å². The van der Waals surface area contributed by atoms with Gasteiger partial charge in [0.05, 0.1) is 28.7 Å². The molecule has 0 radical (unpaired) electrons. The number of anilines is 1. The maximum atomic E-state index is 13.1. The summed E-state index contributed by atoms with van der Waals surface area (Å²) in [4.78, 5) is 40.7. The summed E-state index contributed by atoms with van der Waals surface area (Å²) in [5.41, 5.74) is 1.45. The van der Waals surface area contributed by atoms with Gasteiger partial charge in [0.2, 0.25) is 17.7 Å². The Bertz CT molecular complexity index is 884. The molecule has 0 aromatic heterocycles. The number of hydrogen-bond acceptors (Lipinski definition) is 5. The van der Waals surface area contributed by atoms with Crippen molar-refractivity contribution < 1.29 is 14.4 Å². The minimum atomic E-state index is -0.788. The second kappa shape index (κ2) is 8.76. The Labute approximate surface area is 187 Å².